The van der Waals surface area contributed by atoms with Crippen molar-refractivity contribution in [1.29, 1.82) is 5.26 Å². The van der Waals surface area contributed by atoms with Crippen LogP contribution in [0, 0.1) is 24.1 Å². The Morgan fingerprint density at radius 2 is 1.91 bits per heavy atom. The number of alkyl halides is 3. The Kier molecular flexibility index (Phi) is 6.16. The molecule has 0 radical (unpaired) electrons. The van der Waals surface area contributed by atoms with Gasteiger partial charge in [-0.1, -0.05) is 12.8 Å². The number of hydrogen-bond acceptors (Lipinski definition) is 4. The Balaban J connectivity index is 1.84. The lowest BCUT2D eigenvalue weighted by atomic mass is 10.1. The van der Waals surface area contributed by atoms with Crippen LogP contribution >= 0.6 is 0 Å². The maximum Gasteiger partial charge on any atom is 0.404 e. The van der Waals surface area contributed by atoms with Gasteiger partial charge in [-0.3, -0.25) is 4.98 Å². The first-order valence-electron chi connectivity index (χ1n) is 10.7. The summed E-state index contributed by atoms with van der Waals surface area (Å²) in [5, 5.41) is 10.5. The van der Waals surface area contributed by atoms with Crippen LogP contribution in [-0.2, 0) is 10.0 Å². The van der Waals surface area contributed by atoms with E-state index in [1.165, 1.54) is 12.1 Å². The van der Waals surface area contributed by atoms with Crippen molar-refractivity contribution in [3.8, 4) is 17.5 Å². The van der Waals surface area contributed by atoms with Crippen molar-refractivity contribution in [1.82, 2.24) is 14.3 Å². The van der Waals surface area contributed by atoms with Crippen LogP contribution in [0.4, 0.5) is 17.6 Å². The highest BCUT2D eigenvalue weighted by Gasteiger charge is 2.39. The summed E-state index contributed by atoms with van der Waals surface area (Å²) in [4.78, 5) is 3.77. The van der Waals surface area contributed by atoms with Gasteiger partial charge in [-0.2, -0.15) is 23.2 Å². The van der Waals surface area contributed by atoms with E-state index in [1.54, 1.807) is 17.7 Å². The average molecular weight is 495 g/mol. The highest BCUT2D eigenvalue weighted by atomic mass is 32.2. The smallest absolute Gasteiger partial charge is 0.335 e. The van der Waals surface area contributed by atoms with Crippen LogP contribution < -0.4 is 4.72 Å². The van der Waals surface area contributed by atoms with Crippen LogP contribution in [0.3, 0.4) is 0 Å². The molecule has 1 fully saturated rings. The number of aryl methyl sites for hydroxylation is 1. The summed E-state index contributed by atoms with van der Waals surface area (Å²) >= 11 is 0. The zero-order valence-electron chi connectivity index (χ0n) is 18.4. The third kappa shape index (κ3) is 4.28. The van der Waals surface area contributed by atoms with Gasteiger partial charge in [0.1, 0.15) is 22.8 Å². The third-order valence-electron chi connectivity index (χ3n) is 6.20. The predicted molar refractivity (Wildman–Crippen MR) is 118 cm³/mol. The van der Waals surface area contributed by atoms with E-state index in [0.29, 0.717) is 29.1 Å². The van der Waals surface area contributed by atoms with Crippen LogP contribution in [0.25, 0.3) is 22.3 Å². The van der Waals surface area contributed by atoms with E-state index in [1.807, 2.05) is 4.57 Å². The molecule has 1 unspecified atom stereocenters. The van der Waals surface area contributed by atoms with E-state index in [2.05, 4.69) is 11.1 Å². The molecule has 1 atom stereocenters. The summed E-state index contributed by atoms with van der Waals surface area (Å²) in [6.45, 7) is 2.31. The number of halogens is 4. The van der Waals surface area contributed by atoms with Gasteiger partial charge in [-0.05, 0) is 56.5 Å². The summed E-state index contributed by atoms with van der Waals surface area (Å²) < 4.78 is 81.2. The number of rotatable bonds is 5. The predicted octanol–water partition coefficient (Wildman–Crippen LogP) is 5.37. The van der Waals surface area contributed by atoms with Gasteiger partial charge in [0, 0.05) is 17.6 Å². The standard InChI is InChI=1S/C23H22F4N4O2S/c1-13-9-17-18(11-28)22(31(15-5-3-4-6-15)21(17)10-19(13)24)20-8-7-16(12-29-20)34(32,33)30-14(2)23(25,26)27/h7-10,12,14-15,30H,3-6H2,1-2H3. The van der Waals surface area contributed by atoms with Gasteiger partial charge < -0.3 is 4.57 Å². The van der Waals surface area contributed by atoms with E-state index in [9.17, 15) is 31.2 Å². The Morgan fingerprint density at radius 1 is 1.24 bits per heavy atom. The molecule has 4 rings (SSSR count). The Hall–Kier alpha value is -2.97. The summed E-state index contributed by atoms with van der Waals surface area (Å²) in [6.07, 6.45) is -0.144. The molecule has 0 bridgehead atoms. The lowest BCUT2D eigenvalue weighted by molar-refractivity contribution is -0.147. The largest absolute Gasteiger partial charge is 0.404 e. The topological polar surface area (TPSA) is 87.8 Å². The number of pyridine rings is 1. The van der Waals surface area contributed by atoms with Gasteiger partial charge in [0.15, 0.2) is 0 Å². The number of nitriles is 1. The van der Waals surface area contributed by atoms with E-state index in [-0.39, 0.29) is 17.3 Å². The zero-order valence-corrected chi connectivity index (χ0v) is 19.3. The van der Waals surface area contributed by atoms with Crippen LogP contribution in [0.15, 0.2) is 35.4 Å². The summed E-state index contributed by atoms with van der Waals surface area (Å²) in [5.74, 6) is -0.403. The maximum atomic E-state index is 14.5. The third-order valence-corrected chi connectivity index (χ3v) is 7.72. The molecule has 0 aliphatic heterocycles. The fourth-order valence-electron chi connectivity index (χ4n) is 4.39. The molecular formula is C23H22F4N4O2S. The monoisotopic (exact) mass is 494 g/mol. The fourth-order valence-corrected chi connectivity index (χ4v) is 5.57. The number of nitrogens with one attached hydrogen (secondary N) is 1. The molecule has 2 aromatic heterocycles. The fraction of sp³-hybridized carbons (Fsp3) is 0.391. The Labute approximate surface area is 194 Å². The van der Waals surface area contributed by atoms with Crippen LogP contribution in [-0.4, -0.2) is 30.2 Å². The van der Waals surface area contributed by atoms with Crippen LogP contribution in [0.5, 0.6) is 0 Å². The van der Waals surface area contributed by atoms with Crippen molar-refractivity contribution in [2.24, 2.45) is 0 Å². The number of nitrogens with zero attached hydrogens (tertiary/aromatic N) is 3. The minimum absolute atomic E-state index is 0.0150. The minimum atomic E-state index is -4.74. The minimum Gasteiger partial charge on any atom is -0.335 e. The van der Waals surface area contributed by atoms with E-state index >= 15 is 0 Å². The van der Waals surface area contributed by atoms with Gasteiger partial charge in [0.05, 0.1) is 22.5 Å². The van der Waals surface area contributed by atoms with Crippen molar-refractivity contribution < 1.29 is 26.0 Å². The second-order valence-corrected chi connectivity index (χ2v) is 10.2. The first-order valence-corrected chi connectivity index (χ1v) is 12.2. The van der Waals surface area contributed by atoms with Gasteiger partial charge in [0.2, 0.25) is 10.0 Å². The van der Waals surface area contributed by atoms with Gasteiger partial charge >= 0.3 is 6.18 Å². The van der Waals surface area contributed by atoms with Crippen molar-refractivity contribution in [3.63, 3.8) is 0 Å². The molecular weight excluding hydrogens is 472 g/mol. The molecule has 11 heteroatoms. The lowest BCUT2D eigenvalue weighted by Crippen LogP contribution is -2.42. The van der Waals surface area contributed by atoms with E-state index in [0.717, 1.165) is 37.9 Å². The molecule has 6 nitrogen and oxygen atoms in total. The molecule has 0 amide bonds. The summed E-state index contributed by atoms with van der Waals surface area (Å²) in [6, 6.07) is 5.43. The molecule has 3 aromatic rings. The number of benzene rings is 1. The van der Waals surface area contributed by atoms with Gasteiger partial charge in [-0.15, -0.1) is 0 Å². The molecule has 34 heavy (non-hydrogen) atoms. The summed E-state index contributed by atoms with van der Waals surface area (Å²) in [5.41, 5.74) is 1.95. The Bertz CT molecular complexity index is 1380. The Morgan fingerprint density at radius 3 is 2.47 bits per heavy atom. The second-order valence-electron chi connectivity index (χ2n) is 8.53. The highest BCUT2D eigenvalue weighted by molar-refractivity contribution is 7.89. The molecule has 0 saturated heterocycles. The van der Waals surface area contributed by atoms with Crippen molar-refractivity contribution in [2.75, 3.05) is 0 Å². The van der Waals surface area contributed by atoms with Crippen molar-refractivity contribution in [2.45, 2.75) is 62.7 Å². The normalized spacial score (nSPS) is 16.1. The quantitative estimate of drug-likeness (QED) is 0.484. The van der Waals surface area contributed by atoms with Crippen LogP contribution in [0.2, 0.25) is 0 Å². The van der Waals surface area contributed by atoms with Gasteiger partial charge in [-0.25, -0.2) is 12.8 Å². The summed E-state index contributed by atoms with van der Waals surface area (Å²) in [7, 11) is -4.47. The number of hydrogen-bond donors (Lipinski definition) is 1. The average Bonchev–Trinajstić information content (AvgIpc) is 3.39. The SMILES string of the molecule is Cc1cc2c(C#N)c(-c3ccc(S(=O)(=O)NC(C)C(F)(F)F)cn3)n(C3CCCC3)c2cc1F. The van der Waals surface area contributed by atoms with E-state index in [4.69, 9.17) is 0 Å². The number of sulfonamides is 1. The molecule has 0 spiro atoms. The molecule has 1 N–H and O–H groups in total. The first kappa shape index (κ1) is 24.2. The molecule has 1 aromatic carbocycles. The highest BCUT2D eigenvalue weighted by Crippen LogP contribution is 2.41. The number of aromatic nitrogens is 2. The van der Waals surface area contributed by atoms with E-state index < -0.39 is 33.0 Å². The number of fused-ring (bicyclic) bond motifs is 1. The van der Waals surface area contributed by atoms with Crippen LogP contribution in [0.1, 0.15) is 49.8 Å². The molecule has 180 valence electrons. The second kappa shape index (κ2) is 8.67. The molecule has 1 saturated carbocycles. The van der Waals surface area contributed by atoms with Crippen molar-refractivity contribution >= 4 is 20.9 Å². The van der Waals surface area contributed by atoms with Crippen molar-refractivity contribution in [3.05, 3.63) is 47.4 Å². The molecule has 2 heterocycles. The zero-order chi connectivity index (χ0) is 24.8. The molecule has 1 aliphatic carbocycles. The maximum absolute atomic E-state index is 14.5. The van der Waals surface area contributed by atoms with Gasteiger partial charge in [0.25, 0.3) is 0 Å². The first-order chi connectivity index (χ1) is 15.9. The lowest BCUT2D eigenvalue weighted by Gasteiger charge is -2.19. The molecule has 1 aliphatic rings.